The molecule has 166 valence electrons. The van der Waals surface area contributed by atoms with Crippen molar-refractivity contribution in [2.75, 3.05) is 6.61 Å². The molecule has 3 unspecified atom stereocenters. The smallest absolute Gasteiger partial charge is 0.196 e. The quantitative estimate of drug-likeness (QED) is 0.306. The summed E-state index contributed by atoms with van der Waals surface area (Å²) in [6.07, 6.45) is -3.71. The molecule has 0 saturated carbocycles. The van der Waals surface area contributed by atoms with Crippen molar-refractivity contribution in [3.8, 4) is 0 Å². The zero-order chi connectivity index (χ0) is 22.1. The second-order valence-electron chi connectivity index (χ2n) is 9.41. The van der Waals surface area contributed by atoms with E-state index in [4.69, 9.17) is 24.2 Å². The highest BCUT2D eigenvalue weighted by Crippen LogP contribution is 2.46. The van der Waals surface area contributed by atoms with Crippen LogP contribution in [-0.4, -0.2) is 50.7 Å². The van der Waals surface area contributed by atoms with Crippen LogP contribution >= 0.6 is 0 Å². The van der Waals surface area contributed by atoms with E-state index >= 15 is 0 Å². The predicted octanol–water partition coefficient (Wildman–Crippen LogP) is 4.52. The van der Waals surface area contributed by atoms with Gasteiger partial charge in [0, 0.05) is 10.5 Å². The van der Waals surface area contributed by atoms with Crippen molar-refractivity contribution in [1.82, 2.24) is 0 Å². The molecule has 0 spiro atoms. The molecule has 2 aliphatic rings. The average Bonchev–Trinajstić information content (AvgIpc) is 2.71. The van der Waals surface area contributed by atoms with Crippen LogP contribution in [-0.2, 0) is 18.6 Å². The number of ether oxygens (including phenoxy) is 3. The summed E-state index contributed by atoms with van der Waals surface area (Å²) in [6.45, 7) is 13.2. The fourth-order valence-electron chi connectivity index (χ4n) is 3.77. The van der Waals surface area contributed by atoms with Crippen LogP contribution in [0.2, 0.25) is 18.1 Å². The summed E-state index contributed by atoms with van der Waals surface area (Å²) >= 11 is 0. The summed E-state index contributed by atoms with van der Waals surface area (Å²) < 4.78 is 24.5. The monoisotopic (exact) mass is 435 g/mol. The summed E-state index contributed by atoms with van der Waals surface area (Å²) in [4.78, 5) is 2.94. The Morgan fingerprint density at radius 2 is 1.90 bits per heavy atom. The lowest BCUT2D eigenvalue weighted by Crippen LogP contribution is -2.63. The van der Waals surface area contributed by atoms with Crippen molar-refractivity contribution in [1.29, 1.82) is 0 Å². The van der Waals surface area contributed by atoms with Crippen LogP contribution in [0, 0.1) is 5.92 Å². The van der Waals surface area contributed by atoms with Crippen molar-refractivity contribution < 1.29 is 23.7 Å². The lowest BCUT2D eigenvalue weighted by atomic mass is 9.96. The second-order valence-corrected chi connectivity index (χ2v) is 14.0. The van der Waals surface area contributed by atoms with E-state index in [1.54, 1.807) is 0 Å². The lowest BCUT2D eigenvalue weighted by molar-refractivity contribution is -0.333. The zero-order valence-corrected chi connectivity index (χ0v) is 19.6. The van der Waals surface area contributed by atoms with Gasteiger partial charge < -0.3 is 23.7 Å². The molecule has 2 aliphatic heterocycles. The highest BCUT2D eigenvalue weighted by atomic mass is 28.4. The molecule has 0 bridgehead atoms. The third-order valence-corrected chi connectivity index (χ3v) is 11.5. The summed E-state index contributed by atoms with van der Waals surface area (Å²) in [7, 11) is -2.31. The van der Waals surface area contributed by atoms with Crippen LogP contribution in [0.25, 0.3) is 10.4 Å². The number of hydrogen-bond acceptors (Lipinski definition) is 6. The number of fused-ring (bicyclic) bond motifs is 1. The third-order valence-electron chi connectivity index (χ3n) is 7.00. The molecule has 1 aromatic rings. The Bertz CT molecular complexity index is 769. The van der Waals surface area contributed by atoms with Crippen LogP contribution in [0.15, 0.2) is 35.4 Å². The van der Waals surface area contributed by atoms with Crippen molar-refractivity contribution in [3.63, 3.8) is 0 Å². The largest absolute Gasteiger partial charge is 0.392 e. The average molecular weight is 436 g/mol. The maximum atomic E-state index is 11.0. The molecule has 6 atom stereocenters. The first-order chi connectivity index (χ1) is 14.1. The maximum absolute atomic E-state index is 11.0. The maximum Gasteiger partial charge on any atom is 0.196 e. The van der Waals surface area contributed by atoms with E-state index in [0.717, 1.165) is 5.56 Å². The Hall–Kier alpha value is -1.45. The molecule has 30 heavy (non-hydrogen) atoms. The molecule has 0 aromatic heterocycles. The van der Waals surface area contributed by atoms with E-state index in [1.165, 1.54) is 0 Å². The molecule has 2 fully saturated rings. The SMILES string of the molecule is CC(C)C(C)(C)[Si](C)(C)O[C@@H]1OC2COC(c3ccccc3)O[C@H]2C(O)[C@@H]1N=[N+]=[N-]. The van der Waals surface area contributed by atoms with Crippen molar-refractivity contribution >= 4 is 8.32 Å². The van der Waals surface area contributed by atoms with Crippen molar-refractivity contribution in [2.24, 2.45) is 11.0 Å². The van der Waals surface area contributed by atoms with Gasteiger partial charge in [-0.1, -0.05) is 63.1 Å². The number of aliphatic hydroxyl groups is 1. The van der Waals surface area contributed by atoms with Gasteiger partial charge in [-0.2, -0.15) is 0 Å². The van der Waals surface area contributed by atoms with Crippen LogP contribution in [0.3, 0.4) is 0 Å². The van der Waals surface area contributed by atoms with Gasteiger partial charge in [0.25, 0.3) is 0 Å². The number of aliphatic hydroxyl groups excluding tert-OH is 1. The first kappa shape index (κ1) is 23.2. The van der Waals surface area contributed by atoms with Gasteiger partial charge in [0.15, 0.2) is 20.9 Å². The molecule has 3 rings (SSSR count). The van der Waals surface area contributed by atoms with Gasteiger partial charge in [-0.25, -0.2) is 0 Å². The first-order valence-corrected chi connectivity index (χ1v) is 13.4. The zero-order valence-electron chi connectivity index (χ0n) is 18.6. The van der Waals surface area contributed by atoms with Gasteiger partial charge in [0.1, 0.15) is 18.2 Å². The van der Waals surface area contributed by atoms with E-state index in [-0.39, 0.29) is 11.6 Å². The van der Waals surface area contributed by atoms with Crippen LogP contribution in [0.5, 0.6) is 0 Å². The molecule has 0 amide bonds. The van der Waals surface area contributed by atoms with Crippen LogP contribution in [0.1, 0.15) is 39.5 Å². The Morgan fingerprint density at radius 1 is 1.23 bits per heavy atom. The molecule has 1 aromatic carbocycles. The topological polar surface area (TPSA) is 106 Å². The molecule has 0 radical (unpaired) electrons. The Kier molecular flexibility index (Phi) is 6.93. The minimum absolute atomic E-state index is 0.0585. The number of benzene rings is 1. The Balaban J connectivity index is 1.80. The fourth-order valence-corrected chi connectivity index (χ4v) is 6.24. The lowest BCUT2D eigenvalue weighted by Gasteiger charge is -2.50. The summed E-state index contributed by atoms with van der Waals surface area (Å²) in [5.41, 5.74) is 9.96. The van der Waals surface area contributed by atoms with Gasteiger partial charge in [-0.05, 0) is 29.6 Å². The first-order valence-electron chi connectivity index (χ1n) is 10.5. The summed E-state index contributed by atoms with van der Waals surface area (Å²) in [6, 6.07) is 8.62. The van der Waals surface area contributed by atoms with Crippen LogP contribution < -0.4 is 0 Å². The molecule has 8 nitrogen and oxygen atoms in total. The summed E-state index contributed by atoms with van der Waals surface area (Å²) in [5.74, 6) is 0.395. The molecular formula is C21H33N3O5Si. The standard InChI is InChI=1S/C21H33N3O5Si/c1-13(2)21(3,4)30(5,6)29-20-16(23-24-22)17(25)18-15(27-20)12-26-19(28-18)14-10-8-7-9-11-14/h7-11,13,15-20,25H,12H2,1-6H3/t15?,16-,17?,18+,19?,20-/m0/s1. The molecular weight excluding hydrogens is 402 g/mol. The molecule has 9 heteroatoms. The van der Waals surface area contributed by atoms with Gasteiger partial charge >= 0.3 is 0 Å². The Morgan fingerprint density at radius 3 is 2.50 bits per heavy atom. The van der Waals surface area contributed by atoms with E-state index in [2.05, 4.69) is 50.8 Å². The Labute approximate surface area is 179 Å². The van der Waals surface area contributed by atoms with Gasteiger partial charge in [-0.15, -0.1) is 0 Å². The van der Waals surface area contributed by atoms with E-state index < -0.39 is 45.3 Å². The van der Waals surface area contributed by atoms with E-state index in [1.807, 2.05) is 30.3 Å². The molecule has 0 aliphatic carbocycles. The van der Waals surface area contributed by atoms with Gasteiger partial charge in [-0.3, -0.25) is 0 Å². The highest BCUT2D eigenvalue weighted by molar-refractivity contribution is 6.74. The molecule has 2 saturated heterocycles. The normalized spacial score (nSPS) is 32.4. The minimum Gasteiger partial charge on any atom is -0.392 e. The number of rotatable bonds is 6. The van der Waals surface area contributed by atoms with Crippen LogP contribution in [0.4, 0.5) is 0 Å². The molecule has 1 N–H and O–H groups in total. The third kappa shape index (κ3) is 4.43. The minimum atomic E-state index is -2.31. The highest BCUT2D eigenvalue weighted by Gasteiger charge is 2.53. The molecule has 2 heterocycles. The summed E-state index contributed by atoms with van der Waals surface area (Å²) in [5, 5.41) is 14.8. The number of nitrogens with zero attached hydrogens (tertiary/aromatic N) is 3. The number of hydrogen-bond donors (Lipinski definition) is 1. The van der Waals surface area contributed by atoms with Crippen molar-refractivity contribution in [2.45, 2.75) is 82.8 Å². The fraction of sp³-hybridized carbons (Fsp3) is 0.714. The number of azide groups is 1. The van der Waals surface area contributed by atoms with E-state index in [0.29, 0.717) is 5.92 Å². The van der Waals surface area contributed by atoms with E-state index in [9.17, 15) is 5.11 Å². The van der Waals surface area contributed by atoms with Gasteiger partial charge in [0.2, 0.25) is 0 Å². The predicted molar refractivity (Wildman–Crippen MR) is 115 cm³/mol. The van der Waals surface area contributed by atoms with Gasteiger partial charge in [0.05, 0.1) is 12.7 Å². The second kappa shape index (κ2) is 8.96. The van der Waals surface area contributed by atoms with Crippen molar-refractivity contribution in [3.05, 3.63) is 46.3 Å².